The molecule has 0 spiro atoms. The number of anilines is 1. The van der Waals surface area contributed by atoms with E-state index in [1.807, 2.05) is 30.3 Å². The highest BCUT2D eigenvalue weighted by Crippen LogP contribution is 2.23. The maximum Gasteiger partial charge on any atom is 0.225 e. The van der Waals surface area contributed by atoms with Crippen molar-refractivity contribution >= 4 is 38.6 Å². The van der Waals surface area contributed by atoms with Gasteiger partial charge in [0.05, 0.1) is 5.52 Å². The molecule has 1 fully saturated rings. The summed E-state index contributed by atoms with van der Waals surface area (Å²) in [6.45, 7) is 2.11. The van der Waals surface area contributed by atoms with Crippen LogP contribution in [0.5, 0.6) is 0 Å². The molecule has 5 heteroatoms. The van der Waals surface area contributed by atoms with Crippen LogP contribution >= 0.6 is 15.9 Å². The minimum absolute atomic E-state index is 0.0424. The lowest BCUT2D eigenvalue weighted by Gasteiger charge is -2.09. The molecule has 1 aliphatic rings. The van der Waals surface area contributed by atoms with Gasteiger partial charge in [-0.15, -0.1) is 0 Å². The molecule has 21 heavy (non-hydrogen) atoms. The Morgan fingerprint density at radius 3 is 3.10 bits per heavy atom. The Kier molecular flexibility index (Phi) is 4.51. The average Bonchev–Trinajstić information content (AvgIpc) is 2.99. The molecule has 0 radical (unpaired) electrons. The summed E-state index contributed by atoms with van der Waals surface area (Å²) in [4.78, 5) is 16.5. The summed E-state index contributed by atoms with van der Waals surface area (Å²) in [6, 6.07) is 9.76. The van der Waals surface area contributed by atoms with Crippen LogP contribution in [0.2, 0.25) is 0 Å². The molecule has 1 amide bonds. The van der Waals surface area contributed by atoms with Gasteiger partial charge in [0, 0.05) is 16.3 Å². The van der Waals surface area contributed by atoms with Crippen LogP contribution in [-0.2, 0) is 4.79 Å². The highest BCUT2D eigenvalue weighted by atomic mass is 79.9. The third-order valence-electron chi connectivity index (χ3n) is 3.88. The van der Waals surface area contributed by atoms with Crippen molar-refractivity contribution in [2.75, 3.05) is 18.4 Å². The van der Waals surface area contributed by atoms with Gasteiger partial charge < -0.3 is 10.6 Å². The van der Waals surface area contributed by atoms with Crippen molar-refractivity contribution in [1.29, 1.82) is 0 Å². The third-order valence-corrected chi connectivity index (χ3v) is 4.52. The Balaban J connectivity index is 1.64. The first kappa shape index (κ1) is 14.5. The molecule has 1 unspecified atom stereocenters. The summed E-state index contributed by atoms with van der Waals surface area (Å²) in [7, 11) is 0. The molecular formula is C16H18BrN3O. The molecule has 0 bridgehead atoms. The van der Waals surface area contributed by atoms with Gasteiger partial charge in [0.2, 0.25) is 5.91 Å². The van der Waals surface area contributed by atoms with Crippen molar-refractivity contribution in [2.45, 2.75) is 19.3 Å². The van der Waals surface area contributed by atoms with Crippen LogP contribution in [0, 0.1) is 5.92 Å². The second-order valence-electron chi connectivity index (χ2n) is 5.45. The van der Waals surface area contributed by atoms with Crippen molar-refractivity contribution < 1.29 is 4.79 Å². The highest BCUT2D eigenvalue weighted by Gasteiger charge is 2.15. The fourth-order valence-electron chi connectivity index (χ4n) is 2.68. The zero-order chi connectivity index (χ0) is 14.7. The summed E-state index contributed by atoms with van der Waals surface area (Å²) in [5.74, 6) is 1.29. The van der Waals surface area contributed by atoms with Crippen LogP contribution in [-0.4, -0.2) is 24.0 Å². The fourth-order valence-corrected chi connectivity index (χ4v) is 3.15. The van der Waals surface area contributed by atoms with Gasteiger partial charge in [-0.05, 0) is 66.0 Å². The fraction of sp³-hybridized carbons (Fsp3) is 0.375. The molecule has 2 N–H and O–H groups in total. The molecule has 4 nitrogen and oxygen atoms in total. The lowest BCUT2D eigenvalue weighted by molar-refractivity contribution is -0.116. The van der Waals surface area contributed by atoms with Gasteiger partial charge in [-0.3, -0.25) is 4.79 Å². The van der Waals surface area contributed by atoms with Crippen LogP contribution in [0.1, 0.15) is 19.3 Å². The topological polar surface area (TPSA) is 54.0 Å². The van der Waals surface area contributed by atoms with E-state index >= 15 is 0 Å². The summed E-state index contributed by atoms with van der Waals surface area (Å²) in [5.41, 5.74) is 0.871. The lowest BCUT2D eigenvalue weighted by Crippen LogP contribution is -2.15. The number of hydrogen-bond donors (Lipinski definition) is 2. The first-order valence-corrected chi connectivity index (χ1v) is 8.07. The smallest absolute Gasteiger partial charge is 0.225 e. The predicted molar refractivity (Wildman–Crippen MR) is 88.3 cm³/mol. The van der Waals surface area contributed by atoms with Crippen molar-refractivity contribution in [3.63, 3.8) is 0 Å². The first-order chi connectivity index (χ1) is 10.2. The van der Waals surface area contributed by atoms with E-state index in [2.05, 4.69) is 31.5 Å². The molecule has 2 heterocycles. The Morgan fingerprint density at radius 1 is 1.38 bits per heavy atom. The second kappa shape index (κ2) is 6.54. The molecule has 1 aromatic carbocycles. The van der Waals surface area contributed by atoms with Crippen LogP contribution in [0.15, 0.2) is 34.8 Å². The molecule has 110 valence electrons. The van der Waals surface area contributed by atoms with Gasteiger partial charge in [-0.2, -0.15) is 0 Å². The molecule has 1 saturated heterocycles. The molecule has 0 saturated carbocycles. The van der Waals surface area contributed by atoms with Crippen molar-refractivity contribution in [3.8, 4) is 0 Å². The van der Waals surface area contributed by atoms with E-state index in [0.717, 1.165) is 34.9 Å². The van der Waals surface area contributed by atoms with Crippen LogP contribution in [0.25, 0.3) is 10.9 Å². The van der Waals surface area contributed by atoms with E-state index in [-0.39, 0.29) is 5.91 Å². The number of nitrogens with zero attached hydrogens (tertiary/aromatic N) is 1. The minimum atomic E-state index is 0.0424. The van der Waals surface area contributed by atoms with Crippen molar-refractivity contribution in [1.82, 2.24) is 10.3 Å². The van der Waals surface area contributed by atoms with Gasteiger partial charge in [-0.25, -0.2) is 4.98 Å². The Bertz CT molecular complexity index is 653. The Hall–Kier alpha value is -1.46. The number of rotatable bonds is 4. The van der Waals surface area contributed by atoms with Crippen LogP contribution in [0.3, 0.4) is 0 Å². The summed E-state index contributed by atoms with van der Waals surface area (Å²) >= 11 is 3.49. The average molecular weight is 348 g/mol. The number of benzene rings is 1. The van der Waals surface area contributed by atoms with Gasteiger partial charge in [0.25, 0.3) is 0 Å². The van der Waals surface area contributed by atoms with E-state index in [9.17, 15) is 4.79 Å². The maximum absolute atomic E-state index is 12.0. The van der Waals surface area contributed by atoms with Gasteiger partial charge in [-0.1, -0.05) is 12.1 Å². The molecule has 1 atom stereocenters. The van der Waals surface area contributed by atoms with Gasteiger partial charge in [0.1, 0.15) is 5.82 Å². The third kappa shape index (κ3) is 3.60. The number of amides is 1. The summed E-state index contributed by atoms with van der Waals surface area (Å²) in [6.07, 6.45) is 2.67. The number of carbonyl (C=O) groups is 1. The summed E-state index contributed by atoms with van der Waals surface area (Å²) in [5, 5.41) is 7.27. The van der Waals surface area contributed by atoms with Gasteiger partial charge in [0.15, 0.2) is 0 Å². The number of para-hydroxylation sites is 1. The van der Waals surface area contributed by atoms with Crippen LogP contribution < -0.4 is 10.6 Å². The number of pyridine rings is 1. The van der Waals surface area contributed by atoms with Crippen molar-refractivity contribution in [3.05, 3.63) is 34.8 Å². The molecule has 3 rings (SSSR count). The highest BCUT2D eigenvalue weighted by molar-refractivity contribution is 9.10. The van der Waals surface area contributed by atoms with E-state index in [0.29, 0.717) is 18.2 Å². The first-order valence-electron chi connectivity index (χ1n) is 7.28. The lowest BCUT2D eigenvalue weighted by atomic mass is 10.0. The SMILES string of the molecule is O=C(CCC1CCNC1)Nc1ccc2cccc(Br)c2n1. The minimum Gasteiger partial charge on any atom is -0.316 e. The van der Waals surface area contributed by atoms with E-state index in [4.69, 9.17) is 0 Å². The standard InChI is InChI=1S/C16H18BrN3O/c17-13-3-1-2-12-5-6-14(20-16(12)13)19-15(21)7-4-11-8-9-18-10-11/h1-3,5-6,11,18H,4,7-10H2,(H,19,20,21). The normalized spacial score (nSPS) is 18.0. The predicted octanol–water partition coefficient (Wildman–Crippen LogP) is 3.33. The number of halogens is 1. The molecule has 2 aromatic rings. The largest absolute Gasteiger partial charge is 0.316 e. The number of carbonyl (C=O) groups excluding carboxylic acids is 1. The molecular weight excluding hydrogens is 330 g/mol. The van der Waals surface area contributed by atoms with E-state index in [1.54, 1.807) is 0 Å². The number of fused-ring (bicyclic) bond motifs is 1. The maximum atomic E-state index is 12.0. The van der Waals surface area contributed by atoms with Crippen LogP contribution in [0.4, 0.5) is 5.82 Å². The zero-order valence-corrected chi connectivity index (χ0v) is 13.3. The number of nitrogens with one attached hydrogen (secondary N) is 2. The van der Waals surface area contributed by atoms with E-state index in [1.165, 1.54) is 6.42 Å². The number of aromatic nitrogens is 1. The monoisotopic (exact) mass is 347 g/mol. The molecule has 1 aromatic heterocycles. The molecule has 1 aliphatic heterocycles. The Labute approximate surface area is 132 Å². The van der Waals surface area contributed by atoms with E-state index < -0.39 is 0 Å². The second-order valence-corrected chi connectivity index (χ2v) is 6.31. The quantitative estimate of drug-likeness (QED) is 0.891. The number of hydrogen-bond acceptors (Lipinski definition) is 3. The molecule has 0 aliphatic carbocycles. The van der Waals surface area contributed by atoms with Gasteiger partial charge >= 0.3 is 0 Å². The van der Waals surface area contributed by atoms with Crippen molar-refractivity contribution in [2.24, 2.45) is 5.92 Å². The summed E-state index contributed by atoms with van der Waals surface area (Å²) < 4.78 is 0.938. The zero-order valence-electron chi connectivity index (χ0n) is 11.7. The Morgan fingerprint density at radius 2 is 2.29 bits per heavy atom.